The van der Waals surface area contributed by atoms with E-state index >= 15 is 0 Å². The van der Waals surface area contributed by atoms with Gasteiger partial charge in [-0.2, -0.15) is 0 Å². The molecule has 16 heavy (non-hydrogen) atoms. The highest BCUT2D eigenvalue weighted by molar-refractivity contribution is 5.92. The van der Waals surface area contributed by atoms with Crippen LogP contribution in [0, 0.1) is 6.92 Å². The van der Waals surface area contributed by atoms with Gasteiger partial charge in [-0.15, -0.1) is 0 Å². The van der Waals surface area contributed by atoms with Gasteiger partial charge in [-0.3, -0.25) is 0 Å². The highest BCUT2D eigenvalue weighted by atomic mass is 16.5. The lowest BCUT2D eigenvalue weighted by atomic mass is 10.1. The van der Waals surface area contributed by atoms with Crippen molar-refractivity contribution in [2.75, 3.05) is 26.1 Å². The zero-order valence-corrected chi connectivity index (χ0v) is 9.66. The van der Waals surface area contributed by atoms with Gasteiger partial charge >= 0.3 is 5.97 Å². The minimum atomic E-state index is -0.332. The van der Waals surface area contributed by atoms with E-state index < -0.39 is 0 Å². The molecule has 88 valence electrons. The van der Waals surface area contributed by atoms with Gasteiger partial charge in [-0.05, 0) is 24.6 Å². The zero-order chi connectivity index (χ0) is 12.0. The monoisotopic (exact) mass is 223 g/mol. The fourth-order valence-electron chi connectivity index (χ4n) is 1.32. The molecule has 1 aromatic carbocycles. The molecule has 0 unspecified atom stereocenters. The highest BCUT2D eigenvalue weighted by Gasteiger charge is 2.11. The number of hydrogen-bond acceptors (Lipinski definition) is 4. The average molecular weight is 223 g/mol. The van der Waals surface area contributed by atoms with Crippen molar-refractivity contribution in [1.82, 2.24) is 0 Å². The summed E-state index contributed by atoms with van der Waals surface area (Å²) in [5.41, 5.74) is 7.60. The SMILES string of the molecule is COCCCOC(=O)c1cccc(N)c1C. The number of nitrogen functional groups attached to an aromatic ring is 1. The Morgan fingerprint density at radius 3 is 2.81 bits per heavy atom. The summed E-state index contributed by atoms with van der Waals surface area (Å²) in [6.07, 6.45) is 0.698. The molecule has 0 heterocycles. The van der Waals surface area contributed by atoms with Crippen molar-refractivity contribution in [1.29, 1.82) is 0 Å². The van der Waals surface area contributed by atoms with E-state index in [4.69, 9.17) is 15.2 Å². The third kappa shape index (κ3) is 3.24. The quantitative estimate of drug-likeness (QED) is 0.469. The van der Waals surface area contributed by atoms with E-state index in [1.165, 1.54) is 0 Å². The number of nitrogens with two attached hydrogens (primary N) is 1. The lowest BCUT2D eigenvalue weighted by molar-refractivity contribution is 0.0467. The van der Waals surface area contributed by atoms with Crippen LogP contribution in [-0.4, -0.2) is 26.3 Å². The predicted molar refractivity (Wildman–Crippen MR) is 62.4 cm³/mol. The number of hydrogen-bond donors (Lipinski definition) is 1. The van der Waals surface area contributed by atoms with Crippen molar-refractivity contribution in [2.24, 2.45) is 0 Å². The number of rotatable bonds is 5. The van der Waals surface area contributed by atoms with E-state index in [1.807, 2.05) is 0 Å². The first-order valence-electron chi connectivity index (χ1n) is 5.18. The maximum atomic E-state index is 11.7. The Balaban J connectivity index is 2.56. The Labute approximate surface area is 95.3 Å². The Morgan fingerprint density at radius 2 is 2.12 bits per heavy atom. The first-order chi connectivity index (χ1) is 7.66. The molecule has 0 aliphatic rings. The standard InChI is InChI=1S/C12H17NO3/c1-9-10(5-3-6-11(9)13)12(14)16-8-4-7-15-2/h3,5-6H,4,7-8,13H2,1-2H3. The summed E-state index contributed by atoms with van der Waals surface area (Å²) >= 11 is 0. The van der Waals surface area contributed by atoms with Crippen LogP contribution in [0.5, 0.6) is 0 Å². The smallest absolute Gasteiger partial charge is 0.338 e. The Bertz CT molecular complexity index is 363. The zero-order valence-electron chi connectivity index (χ0n) is 9.66. The van der Waals surface area contributed by atoms with Gasteiger partial charge in [0.1, 0.15) is 0 Å². The van der Waals surface area contributed by atoms with Gasteiger partial charge in [-0.1, -0.05) is 6.07 Å². The van der Waals surface area contributed by atoms with Crippen LogP contribution in [-0.2, 0) is 9.47 Å². The van der Waals surface area contributed by atoms with Gasteiger partial charge < -0.3 is 15.2 Å². The fraction of sp³-hybridized carbons (Fsp3) is 0.417. The van der Waals surface area contributed by atoms with E-state index in [2.05, 4.69) is 0 Å². The molecule has 4 heteroatoms. The van der Waals surface area contributed by atoms with Crippen LogP contribution >= 0.6 is 0 Å². The van der Waals surface area contributed by atoms with Crippen LogP contribution < -0.4 is 5.73 Å². The van der Waals surface area contributed by atoms with Crippen LogP contribution in [0.25, 0.3) is 0 Å². The Kier molecular flexibility index (Phi) is 4.79. The number of anilines is 1. The molecule has 2 N–H and O–H groups in total. The second-order valence-electron chi connectivity index (χ2n) is 3.50. The van der Waals surface area contributed by atoms with Crippen molar-refractivity contribution in [3.05, 3.63) is 29.3 Å². The number of carbonyl (C=O) groups is 1. The maximum Gasteiger partial charge on any atom is 0.338 e. The van der Waals surface area contributed by atoms with E-state index in [1.54, 1.807) is 32.2 Å². The summed E-state index contributed by atoms with van der Waals surface area (Å²) in [4.78, 5) is 11.7. The normalized spacial score (nSPS) is 10.1. The first-order valence-corrected chi connectivity index (χ1v) is 5.18. The Morgan fingerprint density at radius 1 is 1.38 bits per heavy atom. The molecule has 0 aromatic heterocycles. The van der Waals surface area contributed by atoms with Gasteiger partial charge in [0, 0.05) is 25.8 Å². The largest absolute Gasteiger partial charge is 0.462 e. The van der Waals surface area contributed by atoms with Gasteiger partial charge in [0.15, 0.2) is 0 Å². The third-order valence-electron chi connectivity index (χ3n) is 2.32. The molecule has 1 rings (SSSR count). The van der Waals surface area contributed by atoms with Crippen molar-refractivity contribution >= 4 is 11.7 Å². The van der Waals surface area contributed by atoms with E-state index in [9.17, 15) is 4.79 Å². The summed E-state index contributed by atoms with van der Waals surface area (Å²) in [5.74, 6) is -0.332. The molecule has 1 aromatic rings. The average Bonchev–Trinajstić information content (AvgIpc) is 2.28. The van der Waals surface area contributed by atoms with Crippen molar-refractivity contribution in [3.63, 3.8) is 0 Å². The minimum Gasteiger partial charge on any atom is -0.462 e. The molecular formula is C12H17NO3. The molecule has 4 nitrogen and oxygen atoms in total. The van der Waals surface area contributed by atoms with E-state index in [-0.39, 0.29) is 5.97 Å². The number of ether oxygens (including phenoxy) is 2. The van der Waals surface area contributed by atoms with Crippen LogP contribution in [0.15, 0.2) is 18.2 Å². The third-order valence-corrected chi connectivity index (χ3v) is 2.32. The molecular weight excluding hydrogens is 206 g/mol. The lowest BCUT2D eigenvalue weighted by Gasteiger charge is -2.08. The van der Waals surface area contributed by atoms with Gasteiger partial charge in [0.25, 0.3) is 0 Å². The molecule has 0 spiro atoms. The van der Waals surface area contributed by atoms with Crippen LogP contribution in [0.4, 0.5) is 5.69 Å². The number of esters is 1. The van der Waals surface area contributed by atoms with E-state index in [0.717, 1.165) is 5.56 Å². The molecule has 0 fully saturated rings. The summed E-state index contributed by atoms with van der Waals surface area (Å²) in [7, 11) is 1.61. The maximum absolute atomic E-state index is 11.7. The second kappa shape index (κ2) is 6.12. The van der Waals surface area contributed by atoms with Gasteiger partial charge in [0.2, 0.25) is 0 Å². The number of methoxy groups -OCH3 is 1. The van der Waals surface area contributed by atoms with Crippen LogP contribution in [0.1, 0.15) is 22.3 Å². The molecule has 0 saturated carbocycles. The molecule has 0 aliphatic heterocycles. The molecule has 0 atom stereocenters. The topological polar surface area (TPSA) is 61.5 Å². The summed E-state index contributed by atoms with van der Waals surface area (Å²) in [5, 5.41) is 0. The van der Waals surface area contributed by atoms with E-state index in [0.29, 0.717) is 30.9 Å². The fourth-order valence-corrected chi connectivity index (χ4v) is 1.32. The molecule has 0 radical (unpaired) electrons. The molecule has 0 bridgehead atoms. The molecule has 0 aliphatic carbocycles. The molecule has 0 saturated heterocycles. The number of carbonyl (C=O) groups excluding carboxylic acids is 1. The van der Waals surface area contributed by atoms with Gasteiger partial charge in [0.05, 0.1) is 12.2 Å². The van der Waals surface area contributed by atoms with Crippen LogP contribution in [0.2, 0.25) is 0 Å². The Hall–Kier alpha value is -1.55. The first kappa shape index (κ1) is 12.5. The predicted octanol–water partition coefficient (Wildman–Crippen LogP) is 1.77. The summed E-state index contributed by atoms with van der Waals surface area (Å²) in [6.45, 7) is 2.76. The second-order valence-corrected chi connectivity index (χ2v) is 3.50. The number of benzene rings is 1. The summed E-state index contributed by atoms with van der Waals surface area (Å²) < 4.78 is 9.95. The van der Waals surface area contributed by atoms with Crippen molar-refractivity contribution in [3.8, 4) is 0 Å². The van der Waals surface area contributed by atoms with Crippen molar-refractivity contribution < 1.29 is 14.3 Å². The van der Waals surface area contributed by atoms with Crippen molar-refractivity contribution in [2.45, 2.75) is 13.3 Å². The summed E-state index contributed by atoms with van der Waals surface area (Å²) in [6, 6.07) is 5.22. The highest BCUT2D eigenvalue weighted by Crippen LogP contribution is 2.16. The van der Waals surface area contributed by atoms with Gasteiger partial charge in [-0.25, -0.2) is 4.79 Å². The minimum absolute atomic E-state index is 0.332. The molecule has 0 amide bonds. The lowest BCUT2D eigenvalue weighted by Crippen LogP contribution is -2.10. The van der Waals surface area contributed by atoms with Crippen LogP contribution in [0.3, 0.4) is 0 Å².